The standard InChI is InChI=1S/C26H32N6O2S/c1-29-10-14-31(15-11-29)24-18-22(20-6-4-3-5-7-20)27-26(28-24)35-19-21-8-9-23(34-21)25(33)32-16-12-30(2)13-17-32/h3-9,18H,10-17,19H2,1-2H3. The quantitative estimate of drug-likeness (QED) is 0.384. The van der Waals surface area contributed by atoms with Crippen LogP contribution in [0, 0.1) is 0 Å². The Bertz CT molecular complexity index is 1140. The number of hydrogen-bond acceptors (Lipinski definition) is 8. The summed E-state index contributed by atoms with van der Waals surface area (Å²) < 4.78 is 5.92. The second-order valence-corrected chi connectivity index (χ2v) is 10.1. The first-order valence-corrected chi connectivity index (χ1v) is 13.1. The molecule has 2 saturated heterocycles. The number of furan rings is 1. The van der Waals surface area contributed by atoms with E-state index in [1.54, 1.807) is 6.07 Å². The van der Waals surface area contributed by atoms with Gasteiger partial charge in [-0.15, -0.1) is 0 Å². The van der Waals surface area contributed by atoms with Crippen molar-refractivity contribution in [1.82, 2.24) is 24.7 Å². The Morgan fingerprint density at radius 2 is 1.57 bits per heavy atom. The SMILES string of the molecule is CN1CCN(C(=O)c2ccc(CSc3nc(-c4ccccc4)cc(N4CCN(C)CC4)n3)o2)CC1. The molecule has 0 aliphatic carbocycles. The van der Waals surface area contributed by atoms with Gasteiger partial charge >= 0.3 is 0 Å². The van der Waals surface area contributed by atoms with E-state index in [9.17, 15) is 4.79 Å². The average Bonchev–Trinajstić information content (AvgIpc) is 3.37. The number of amides is 1. The van der Waals surface area contributed by atoms with Crippen LogP contribution < -0.4 is 4.90 Å². The minimum atomic E-state index is -0.0333. The molecule has 9 heteroatoms. The van der Waals surface area contributed by atoms with Crippen LogP contribution in [0.5, 0.6) is 0 Å². The summed E-state index contributed by atoms with van der Waals surface area (Å²) >= 11 is 1.54. The predicted octanol–water partition coefficient (Wildman–Crippen LogP) is 3.17. The van der Waals surface area contributed by atoms with Crippen molar-refractivity contribution in [2.45, 2.75) is 10.9 Å². The van der Waals surface area contributed by atoms with Crippen LogP contribution in [0.25, 0.3) is 11.3 Å². The van der Waals surface area contributed by atoms with Crippen molar-refractivity contribution in [2.75, 3.05) is 71.4 Å². The summed E-state index contributed by atoms with van der Waals surface area (Å²) in [4.78, 5) is 31.3. The van der Waals surface area contributed by atoms with Crippen LogP contribution in [0.3, 0.4) is 0 Å². The van der Waals surface area contributed by atoms with Crippen molar-refractivity contribution < 1.29 is 9.21 Å². The van der Waals surface area contributed by atoms with Crippen molar-refractivity contribution >= 4 is 23.5 Å². The number of piperazine rings is 2. The molecule has 35 heavy (non-hydrogen) atoms. The van der Waals surface area contributed by atoms with Crippen LogP contribution >= 0.6 is 11.8 Å². The molecule has 8 nitrogen and oxygen atoms in total. The highest BCUT2D eigenvalue weighted by Crippen LogP contribution is 2.28. The number of thioether (sulfide) groups is 1. The van der Waals surface area contributed by atoms with Crippen LogP contribution in [0.15, 0.2) is 58.1 Å². The first kappa shape index (κ1) is 23.8. The van der Waals surface area contributed by atoms with Gasteiger partial charge in [-0.05, 0) is 26.2 Å². The number of rotatable bonds is 6. The molecule has 1 amide bonds. The number of hydrogen-bond donors (Lipinski definition) is 0. The maximum absolute atomic E-state index is 12.8. The van der Waals surface area contributed by atoms with Crippen LogP contribution in [0.1, 0.15) is 16.3 Å². The van der Waals surface area contributed by atoms with E-state index in [0.717, 1.165) is 75.2 Å². The lowest BCUT2D eigenvalue weighted by molar-refractivity contribution is 0.0631. The van der Waals surface area contributed by atoms with Gasteiger partial charge in [-0.2, -0.15) is 0 Å². The Hall–Kier alpha value is -2.88. The number of benzene rings is 1. The molecular formula is C26H32N6O2S. The van der Waals surface area contributed by atoms with Crippen molar-refractivity contribution in [3.8, 4) is 11.3 Å². The molecule has 2 aliphatic heterocycles. The zero-order valence-corrected chi connectivity index (χ0v) is 21.2. The monoisotopic (exact) mass is 492 g/mol. The molecule has 0 N–H and O–H groups in total. The first-order valence-electron chi connectivity index (χ1n) is 12.1. The lowest BCUT2D eigenvalue weighted by Crippen LogP contribution is -2.47. The molecule has 184 valence electrons. The molecule has 2 fully saturated rings. The van der Waals surface area contributed by atoms with Gasteiger partial charge in [0.05, 0.1) is 11.4 Å². The number of carbonyl (C=O) groups excluding carboxylic acids is 1. The summed E-state index contributed by atoms with van der Waals surface area (Å²) in [7, 11) is 4.23. The topological polar surface area (TPSA) is 69.0 Å². The van der Waals surface area contributed by atoms with Gasteiger partial charge in [-0.25, -0.2) is 9.97 Å². The van der Waals surface area contributed by atoms with E-state index in [2.05, 4.69) is 47.0 Å². The van der Waals surface area contributed by atoms with E-state index in [4.69, 9.17) is 14.4 Å². The van der Waals surface area contributed by atoms with Crippen molar-refractivity contribution in [3.63, 3.8) is 0 Å². The fourth-order valence-corrected chi connectivity index (χ4v) is 5.05. The first-order chi connectivity index (χ1) is 17.0. The Morgan fingerprint density at radius 1 is 0.886 bits per heavy atom. The molecule has 2 aromatic heterocycles. The normalized spacial score (nSPS) is 17.7. The molecule has 0 bridgehead atoms. The summed E-state index contributed by atoms with van der Waals surface area (Å²) in [5.41, 5.74) is 1.99. The van der Waals surface area contributed by atoms with Crippen LogP contribution in [0.4, 0.5) is 5.82 Å². The molecule has 0 spiro atoms. The average molecular weight is 493 g/mol. The van der Waals surface area contributed by atoms with Gasteiger partial charge in [0.15, 0.2) is 10.9 Å². The molecule has 3 aromatic rings. The number of likely N-dealkylation sites (N-methyl/N-ethyl adjacent to an activating group) is 2. The minimum absolute atomic E-state index is 0.0333. The molecule has 0 saturated carbocycles. The van der Waals surface area contributed by atoms with E-state index in [1.165, 1.54) is 11.8 Å². The van der Waals surface area contributed by atoms with Gasteiger partial charge in [-0.1, -0.05) is 42.1 Å². The summed E-state index contributed by atoms with van der Waals surface area (Å²) in [6, 6.07) is 16.0. The van der Waals surface area contributed by atoms with E-state index in [0.29, 0.717) is 16.7 Å². The van der Waals surface area contributed by atoms with Crippen LogP contribution in [0.2, 0.25) is 0 Å². The van der Waals surface area contributed by atoms with E-state index in [1.807, 2.05) is 29.2 Å². The molecule has 0 radical (unpaired) electrons. The summed E-state index contributed by atoms with van der Waals surface area (Å²) in [5.74, 6) is 2.65. The number of carbonyl (C=O) groups is 1. The molecule has 4 heterocycles. The smallest absolute Gasteiger partial charge is 0.289 e. The van der Waals surface area contributed by atoms with E-state index < -0.39 is 0 Å². The van der Waals surface area contributed by atoms with Crippen LogP contribution in [-0.4, -0.2) is 97.0 Å². The summed E-state index contributed by atoms with van der Waals surface area (Å²) in [5, 5.41) is 0.712. The second-order valence-electron chi connectivity index (χ2n) is 9.20. The summed E-state index contributed by atoms with van der Waals surface area (Å²) in [6.07, 6.45) is 0. The van der Waals surface area contributed by atoms with E-state index >= 15 is 0 Å². The Labute approximate surface area is 210 Å². The third kappa shape index (κ3) is 5.86. The van der Waals surface area contributed by atoms with E-state index in [-0.39, 0.29) is 5.91 Å². The van der Waals surface area contributed by atoms with Gasteiger partial charge < -0.3 is 24.0 Å². The lowest BCUT2D eigenvalue weighted by atomic mass is 10.1. The molecule has 5 rings (SSSR count). The van der Waals surface area contributed by atoms with Gasteiger partial charge in [0.1, 0.15) is 11.6 Å². The Balaban J connectivity index is 1.31. The third-order valence-electron chi connectivity index (χ3n) is 6.60. The minimum Gasteiger partial charge on any atom is -0.455 e. The highest BCUT2D eigenvalue weighted by Gasteiger charge is 2.23. The zero-order valence-electron chi connectivity index (χ0n) is 20.4. The molecule has 2 aliphatic rings. The largest absolute Gasteiger partial charge is 0.455 e. The van der Waals surface area contributed by atoms with Gasteiger partial charge in [0.2, 0.25) is 0 Å². The number of anilines is 1. The predicted molar refractivity (Wildman–Crippen MR) is 139 cm³/mol. The molecule has 0 atom stereocenters. The van der Waals surface area contributed by atoms with Gasteiger partial charge in [0.25, 0.3) is 5.91 Å². The summed E-state index contributed by atoms with van der Waals surface area (Å²) in [6.45, 7) is 7.17. The highest BCUT2D eigenvalue weighted by molar-refractivity contribution is 7.98. The fraction of sp³-hybridized carbons (Fsp3) is 0.423. The van der Waals surface area contributed by atoms with Crippen molar-refractivity contribution in [1.29, 1.82) is 0 Å². The van der Waals surface area contributed by atoms with Crippen LogP contribution in [-0.2, 0) is 5.75 Å². The maximum Gasteiger partial charge on any atom is 0.289 e. The van der Waals surface area contributed by atoms with Gasteiger partial charge in [0, 0.05) is 64.0 Å². The molecule has 1 aromatic carbocycles. The third-order valence-corrected chi connectivity index (χ3v) is 7.47. The van der Waals surface area contributed by atoms with Crippen molar-refractivity contribution in [2.24, 2.45) is 0 Å². The molecular weight excluding hydrogens is 460 g/mol. The van der Waals surface area contributed by atoms with Crippen molar-refractivity contribution in [3.05, 3.63) is 60.1 Å². The Morgan fingerprint density at radius 3 is 2.29 bits per heavy atom. The highest BCUT2D eigenvalue weighted by atomic mass is 32.2. The van der Waals surface area contributed by atoms with Gasteiger partial charge in [-0.3, -0.25) is 4.79 Å². The Kier molecular flexibility index (Phi) is 7.36. The number of nitrogens with zero attached hydrogens (tertiary/aromatic N) is 6. The number of aromatic nitrogens is 2. The maximum atomic E-state index is 12.8. The fourth-order valence-electron chi connectivity index (χ4n) is 4.30. The second kappa shape index (κ2) is 10.8. The lowest BCUT2D eigenvalue weighted by Gasteiger charge is -2.33. The zero-order chi connectivity index (χ0) is 24.2. The molecule has 0 unspecified atom stereocenters.